The van der Waals surface area contributed by atoms with E-state index in [9.17, 15) is 4.79 Å². The van der Waals surface area contributed by atoms with Crippen molar-refractivity contribution < 1.29 is 18.5 Å². The van der Waals surface area contributed by atoms with Gasteiger partial charge in [-0.05, 0) is 43.2 Å². The van der Waals surface area contributed by atoms with Crippen molar-refractivity contribution in [3.8, 4) is 16.9 Å². The predicted octanol–water partition coefficient (Wildman–Crippen LogP) is 6.29. The van der Waals surface area contributed by atoms with Gasteiger partial charge in [-0.2, -0.15) is 0 Å². The molecule has 0 aliphatic heterocycles. The summed E-state index contributed by atoms with van der Waals surface area (Å²) in [6.07, 6.45) is 4.65. The molecular formula is C23H19BrN2O4. The molecule has 2 aromatic carbocycles. The molecule has 0 aliphatic rings. The molecule has 7 heteroatoms. The molecule has 0 aliphatic carbocycles. The number of carbonyl (C=O) groups is 1. The summed E-state index contributed by atoms with van der Waals surface area (Å²) >= 11 is 3.52. The van der Waals surface area contributed by atoms with E-state index < -0.39 is 0 Å². The Bertz CT molecular complexity index is 1230. The van der Waals surface area contributed by atoms with E-state index in [0.29, 0.717) is 18.2 Å². The molecule has 2 aromatic heterocycles. The van der Waals surface area contributed by atoms with E-state index in [-0.39, 0.29) is 5.91 Å². The molecule has 6 nitrogen and oxygen atoms in total. The van der Waals surface area contributed by atoms with E-state index in [1.165, 1.54) is 12.3 Å². The number of carbonyl (C=O) groups excluding carboxylic acids is 1. The normalized spacial score (nSPS) is 11.6. The van der Waals surface area contributed by atoms with Crippen LogP contribution in [-0.4, -0.2) is 17.7 Å². The first kappa shape index (κ1) is 20.0. The van der Waals surface area contributed by atoms with Crippen LogP contribution in [0.1, 0.15) is 19.4 Å². The SMILES string of the molecule is CCOc1cc2occ(-c3cccc(Br)c3)c2cc1/C(C)=C/C(=O)Nc1ccon1. The van der Waals surface area contributed by atoms with Gasteiger partial charge in [0.05, 0.1) is 12.9 Å². The van der Waals surface area contributed by atoms with Crippen LogP contribution in [0.2, 0.25) is 0 Å². The summed E-state index contributed by atoms with van der Waals surface area (Å²) in [6, 6.07) is 13.5. The van der Waals surface area contributed by atoms with Gasteiger partial charge in [0.2, 0.25) is 5.91 Å². The van der Waals surface area contributed by atoms with E-state index in [1.807, 2.05) is 50.2 Å². The molecule has 0 saturated heterocycles. The molecule has 152 valence electrons. The topological polar surface area (TPSA) is 77.5 Å². The lowest BCUT2D eigenvalue weighted by Crippen LogP contribution is -2.09. The molecule has 0 radical (unpaired) electrons. The van der Waals surface area contributed by atoms with E-state index in [1.54, 1.807) is 12.3 Å². The van der Waals surface area contributed by atoms with Crippen LogP contribution in [0.25, 0.3) is 27.7 Å². The average Bonchev–Trinajstić information content (AvgIpc) is 3.37. The van der Waals surface area contributed by atoms with Crippen molar-refractivity contribution in [3.05, 3.63) is 71.1 Å². The zero-order valence-corrected chi connectivity index (χ0v) is 18.0. The molecule has 0 bridgehead atoms. The number of halogens is 1. The van der Waals surface area contributed by atoms with Gasteiger partial charge in [0.15, 0.2) is 5.82 Å². The smallest absolute Gasteiger partial charge is 0.249 e. The second-order valence-electron chi connectivity index (χ2n) is 6.64. The summed E-state index contributed by atoms with van der Waals surface area (Å²) in [5.41, 5.74) is 4.29. The number of hydrogen-bond acceptors (Lipinski definition) is 5. The van der Waals surface area contributed by atoms with Crippen molar-refractivity contribution in [2.24, 2.45) is 0 Å². The van der Waals surface area contributed by atoms with Gasteiger partial charge < -0.3 is 19.0 Å². The van der Waals surface area contributed by atoms with E-state index in [0.717, 1.165) is 37.7 Å². The Balaban J connectivity index is 1.76. The van der Waals surface area contributed by atoms with E-state index >= 15 is 0 Å². The van der Waals surface area contributed by atoms with Crippen LogP contribution in [0.4, 0.5) is 5.82 Å². The number of benzene rings is 2. The molecular weight excluding hydrogens is 448 g/mol. The van der Waals surface area contributed by atoms with Crippen molar-refractivity contribution in [1.82, 2.24) is 5.16 Å². The molecule has 30 heavy (non-hydrogen) atoms. The van der Waals surface area contributed by atoms with Gasteiger partial charge in [0.1, 0.15) is 17.6 Å². The molecule has 1 amide bonds. The van der Waals surface area contributed by atoms with Crippen molar-refractivity contribution in [3.63, 3.8) is 0 Å². The number of anilines is 1. The summed E-state index contributed by atoms with van der Waals surface area (Å²) in [6.45, 7) is 4.28. The zero-order valence-electron chi connectivity index (χ0n) is 16.4. The van der Waals surface area contributed by atoms with E-state index in [4.69, 9.17) is 13.7 Å². The minimum atomic E-state index is -0.302. The quantitative estimate of drug-likeness (QED) is 0.337. The number of ether oxygens (including phenoxy) is 1. The van der Waals surface area contributed by atoms with Crippen LogP contribution in [0.3, 0.4) is 0 Å². The second-order valence-corrected chi connectivity index (χ2v) is 7.55. The molecule has 4 rings (SSSR count). The van der Waals surface area contributed by atoms with Gasteiger partial charge in [-0.25, -0.2) is 0 Å². The number of nitrogens with one attached hydrogen (secondary N) is 1. The molecule has 2 heterocycles. The highest BCUT2D eigenvalue weighted by molar-refractivity contribution is 9.10. The summed E-state index contributed by atoms with van der Waals surface area (Å²) in [5.74, 6) is 0.711. The first-order chi connectivity index (χ1) is 14.5. The van der Waals surface area contributed by atoms with Crippen molar-refractivity contribution in [2.75, 3.05) is 11.9 Å². The lowest BCUT2D eigenvalue weighted by atomic mass is 9.99. The highest BCUT2D eigenvalue weighted by Crippen LogP contribution is 2.38. The maximum Gasteiger partial charge on any atom is 0.249 e. The van der Waals surface area contributed by atoms with Crippen LogP contribution >= 0.6 is 15.9 Å². The van der Waals surface area contributed by atoms with Gasteiger partial charge in [0.25, 0.3) is 0 Å². The fourth-order valence-electron chi connectivity index (χ4n) is 3.23. The number of allylic oxidation sites excluding steroid dienone is 1. The monoisotopic (exact) mass is 466 g/mol. The second kappa shape index (κ2) is 8.59. The number of aromatic nitrogens is 1. The van der Waals surface area contributed by atoms with Gasteiger partial charge in [-0.3, -0.25) is 4.79 Å². The Kier molecular flexibility index (Phi) is 5.72. The molecule has 0 fully saturated rings. The minimum Gasteiger partial charge on any atom is -0.493 e. The Morgan fingerprint density at radius 1 is 1.27 bits per heavy atom. The van der Waals surface area contributed by atoms with Crippen LogP contribution < -0.4 is 10.1 Å². The third-order valence-corrected chi connectivity index (χ3v) is 5.07. The van der Waals surface area contributed by atoms with Gasteiger partial charge in [-0.15, -0.1) is 0 Å². The molecule has 0 saturated carbocycles. The van der Waals surface area contributed by atoms with Crippen molar-refractivity contribution in [1.29, 1.82) is 0 Å². The van der Waals surface area contributed by atoms with E-state index in [2.05, 4.69) is 26.4 Å². The number of fused-ring (bicyclic) bond motifs is 1. The van der Waals surface area contributed by atoms with Crippen LogP contribution in [0.5, 0.6) is 5.75 Å². The number of rotatable bonds is 6. The summed E-state index contributed by atoms with van der Waals surface area (Å²) in [7, 11) is 0. The van der Waals surface area contributed by atoms with Crippen molar-refractivity contribution >= 4 is 44.2 Å². The lowest BCUT2D eigenvalue weighted by Gasteiger charge is -2.11. The average molecular weight is 467 g/mol. The summed E-state index contributed by atoms with van der Waals surface area (Å²) in [5, 5.41) is 7.30. The highest BCUT2D eigenvalue weighted by Gasteiger charge is 2.15. The maximum atomic E-state index is 12.4. The fraction of sp³-hybridized carbons (Fsp3) is 0.130. The number of furan rings is 1. The molecule has 0 spiro atoms. The molecule has 1 N–H and O–H groups in total. The first-order valence-electron chi connectivity index (χ1n) is 9.39. The third-order valence-electron chi connectivity index (χ3n) is 4.57. The van der Waals surface area contributed by atoms with Crippen LogP contribution in [0, 0.1) is 0 Å². The van der Waals surface area contributed by atoms with Gasteiger partial charge in [0, 0.05) is 39.2 Å². The summed E-state index contributed by atoms with van der Waals surface area (Å²) in [4.78, 5) is 12.4. The Labute approximate surface area is 181 Å². The Hall–Kier alpha value is -3.32. The predicted molar refractivity (Wildman–Crippen MR) is 119 cm³/mol. The standard InChI is InChI=1S/C23H19BrN2O4/c1-3-28-20-12-21-18(19(13-29-21)15-5-4-6-16(24)10-15)11-17(20)14(2)9-23(27)25-22-7-8-30-26-22/h4-13H,3H2,1-2H3,(H,25,26,27)/b14-9+. The first-order valence-corrected chi connectivity index (χ1v) is 10.2. The maximum absolute atomic E-state index is 12.4. The number of hydrogen-bond donors (Lipinski definition) is 1. The number of amides is 1. The van der Waals surface area contributed by atoms with Crippen molar-refractivity contribution in [2.45, 2.75) is 13.8 Å². The zero-order chi connectivity index (χ0) is 21.1. The van der Waals surface area contributed by atoms with Crippen LogP contribution in [0.15, 0.2) is 74.5 Å². The van der Waals surface area contributed by atoms with Gasteiger partial charge in [-0.1, -0.05) is 33.2 Å². The van der Waals surface area contributed by atoms with Crippen LogP contribution in [-0.2, 0) is 4.79 Å². The molecule has 4 aromatic rings. The Morgan fingerprint density at radius 2 is 2.13 bits per heavy atom. The number of nitrogens with zero attached hydrogens (tertiary/aromatic N) is 1. The van der Waals surface area contributed by atoms with Gasteiger partial charge >= 0.3 is 0 Å². The highest BCUT2D eigenvalue weighted by atomic mass is 79.9. The Morgan fingerprint density at radius 3 is 2.87 bits per heavy atom. The lowest BCUT2D eigenvalue weighted by molar-refractivity contribution is -0.111. The molecule has 0 unspecified atom stereocenters. The minimum absolute atomic E-state index is 0.302. The fourth-order valence-corrected chi connectivity index (χ4v) is 3.63. The summed E-state index contributed by atoms with van der Waals surface area (Å²) < 4.78 is 17.4. The largest absolute Gasteiger partial charge is 0.493 e. The third kappa shape index (κ3) is 4.16. The molecule has 0 atom stereocenters.